The fourth-order valence-electron chi connectivity index (χ4n) is 3.52. The van der Waals surface area contributed by atoms with E-state index in [9.17, 15) is 14.4 Å². The molecule has 0 spiro atoms. The SMILES string of the molecule is Cc1ccn(CSc2ccccc2)c(=O)c1CC(=O)NCc1cc(Cl)ccc1CNC(=O)OC(C)(C)C. The van der Waals surface area contributed by atoms with Gasteiger partial charge in [-0.15, -0.1) is 11.8 Å². The number of pyridine rings is 1. The molecule has 37 heavy (non-hydrogen) atoms. The molecule has 2 N–H and O–H groups in total. The Labute approximate surface area is 226 Å². The van der Waals surface area contributed by atoms with Gasteiger partial charge in [-0.2, -0.15) is 0 Å². The number of halogens is 1. The van der Waals surface area contributed by atoms with Gasteiger partial charge < -0.3 is 19.9 Å². The zero-order valence-corrected chi connectivity index (χ0v) is 23.0. The molecule has 0 aliphatic carbocycles. The number of aromatic nitrogens is 1. The third-order valence-corrected chi connectivity index (χ3v) is 6.66. The molecule has 0 aliphatic rings. The maximum atomic E-state index is 13.1. The van der Waals surface area contributed by atoms with Crippen LogP contribution >= 0.6 is 23.4 Å². The predicted octanol–water partition coefficient (Wildman–Crippen LogP) is 5.44. The van der Waals surface area contributed by atoms with Gasteiger partial charge in [0.1, 0.15) is 5.60 Å². The topological polar surface area (TPSA) is 89.4 Å². The smallest absolute Gasteiger partial charge is 0.407 e. The van der Waals surface area contributed by atoms with Crippen molar-refractivity contribution < 1.29 is 14.3 Å². The molecular formula is C28H32ClN3O4S. The van der Waals surface area contributed by atoms with Crippen LogP contribution in [0.5, 0.6) is 0 Å². The first-order chi connectivity index (χ1) is 17.5. The second-order valence-electron chi connectivity index (χ2n) is 9.56. The number of aryl methyl sites for hydroxylation is 1. The first-order valence-electron chi connectivity index (χ1n) is 11.9. The van der Waals surface area contributed by atoms with Crippen LogP contribution in [0.2, 0.25) is 5.02 Å². The minimum atomic E-state index is -0.602. The predicted molar refractivity (Wildman–Crippen MR) is 148 cm³/mol. The number of carbonyl (C=O) groups excluding carboxylic acids is 2. The van der Waals surface area contributed by atoms with Crippen molar-refractivity contribution in [1.82, 2.24) is 15.2 Å². The molecule has 2 amide bonds. The lowest BCUT2D eigenvalue weighted by Crippen LogP contribution is -2.33. The molecule has 3 aromatic rings. The van der Waals surface area contributed by atoms with E-state index in [2.05, 4.69) is 10.6 Å². The minimum absolute atomic E-state index is 0.0342. The molecule has 0 unspecified atom stereocenters. The summed E-state index contributed by atoms with van der Waals surface area (Å²) in [6.45, 7) is 7.63. The van der Waals surface area contributed by atoms with E-state index in [1.54, 1.807) is 61.5 Å². The number of amides is 2. The van der Waals surface area contributed by atoms with Gasteiger partial charge in [0.2, 0.25) is 5.91 Å². The van der Waals surface area contributed by atoms with Crippen LogP contribution in [-0.2, 0) is 34.9 Å². The standard InChI is InChI=1S/C28H32ClN3O4S/c1-19-12-13-32(18-37-23-8-6-5-7-9-23)26(34)24(19)15-25(33)30-17-21-14-22(29)11-10-20(21)16-31-27(35)36-28(2,3)4/h5-14H,15-18H2,1-4H3,(H,30,33)(H,31,35). The molecule has 196 valence electrons. The van der Waals surface area contributed by atoms with Crippen molar-refractivity contribution >= 4 is 35.4 Å². The zero-order valence-electron chi connectivity index (χ0n) is 21.5. The minimum Gasteiger partial charge on any atom is -0.444 e. The third-order valence-electron chi connectivity index (χ3n) is 5.42. The molecule has 2 aromatic carbocycles. The highest BCUT2D eigenvalue weighted by Gasteiger charge is 2.17. The van der Waals surface area contributed by atoms with Gasteiger partial charge in [0, 0.05) is 34.8 Å². The van der Waals surface area contributed by atoms with Crippen molar-refractivity contribution in [3.8, 4) is 0 Å². The van der Waals surface area contributed by atoms with Crippen LogP contribution in [0.3, 0.4) is 0 Å². The van der Waals surface area contributed by atoms with Crippen LogP contribution in [0, 0.1) is 6.92 Å². The van der Waals surface area contributed by atoms with E-state index in [1.807, 2.05) is 43.3 Å². The van der Waals surface area contributed by atoms with Crippen LogP contribution in [0.1, 0.15) is 43.0 Å². The summed E-state index contributed by atoms with van der Waals surface area (Å²) >= 11 is 7.73. The van der Waals surface area contributed by atoms with Crippen molar-refractivity contribution in [3.63, 3.8) is 0 Å². The average molecular weight is 542 g/mol. The van der Waals surface area contributed by atoms with Gasteiger partial charge in [0.05, 0.1) is 12.3 Å². The van der Waals surface area contributed by atoms with Crippen molar-refractivity contribution in [2.75, 3.05) is 0 Å². The van der Waals surface area contributed by atoms with Crippen LogP contribution < -0.4 is 16.2 Å². The molecular weight excluding hydrogens is 510 g/mol. The van der Waals surface area contributed by atoms with Gasteiger partial charge in [-0.1, -0.05) is 35.9 Å². The third kappa shape index (κ3) is 8.98. The maximum Gasteiger partial charge on any atom is 0.407 e. The van der Waals surface area contributed by atoms with Crippen LogP contribution in [0.25, 0.3) is 0 Å². The molecule has 0 saturated heterocycles. The number of hydrogen-bond donors (Lipinski definition) is 2. The Morgan fingerprint density at radius 3 is 2.41 bits per heavy atom. The molecule has 0 atom stereocenters. The molecule has 0 radical (unpaired) electrons. The van der Waals surface area contributed by atoms with Crippen molar-refractivity contribution in [2.45, 2.75) is 63.6 Å². The van der Waals surface area contributed by atoms with Gasteiger partial charge in [-0.05, 0) is 74.7 Å². The molecule has 0 saturated carbocycles. The van der Waals surface area contributed by atoms with E-state index in [-0.39, 0.29) is 31.0 Å². The monoisotopic (exact) mass is 541 g/mol. The summed E-state index contributed by atoms with van der Waals surface area (Å²) in [5, 5.41) is 6.12. The molecule has 9 heteroatoms. The molecule has 1 heterocycles. The molecule has 7 nitrogen and oxygen atoms in total. The Morgan fingerprint density at radius 2 is 1.70 bits per heavy atom. The lowest BCUT2D eigenvalue weighted by atomic mass is 10.1. The lowest BCUT2D eigenvalue weighted by Gasteiger charge is -2.20. The summed E-state index contributed by atoms with van der Waals surface area (Å²) in [4.78, 5) is 39.0. The number of carbonyl (C=O) groups is 2. The van der Waals surface area contributed by atoms with E-state index in [0.29, 0.717) is 16.5 Å². The Balaban J connectivity index is 1.63. The maximum absolute atomic E-state index is 13.1. The van der Waals surface area contributed by atoms with E-state index >= 15 is 0 Å². The Bertz CT molecular complexity index is 1300. The molecule has 1 aromatic heterocycles. The highest BCUT2D eigenvalue weighted by atomic mass is 35.5. The number of alkyl carbamates (subject to hydrolysis) is 1. The molecule has 0 fully saturated rings. The van der Waals surface area contributed by atoms with Crippen molar-refractivity contribution in [3.05, 3.63) is 98.4 Å². The lowest BCUT2D eigenvalue weighted by molar-refractivity contribution is -0.120. The number of benzene rings is 2. The summed E-state index contributed by atoms with van der Waals surface area (Å²) in [6.07, 6.45) is 1.19. The first-order valence-corrected chi connectivity index (χ1v) is 13.3. The summed E-state index contributed by atoms with van der Waals surface area (Å²) in [6, 6.07) is 17.0. The fraction of sp³-hybridized carbons (Fsp3) is 0.321. The van der Waals surface area contributed by atoms with Gasteiger partial charge in [-0.25, -0.2) is 4.79 Å². The summed E-state index contributed by atoms with van der Waals surface area (Å²) in [7, 11) is 0. The highest BCUT2D eigenvalue weighted by Crippen LogP contribution is 2.19. The Morgan fingerprint density at radius 1 is 1.00 bits per heavy atom. The second kappa shape index (κ2) is 12.8. The number of thioether (sulfide) groups is 1. The number of hydrogen-bond acceptors (Lipinski definition) is 5. The molecule has 0 aliphatic heterocycles. The number of nitrogens with one attached hydrogen (secondary N) is 2. The first kappa shape index (κ1) is 28.3. The van der Waals surface area contributed by atoms with Gasteiger partial charge in [0.25, 0.3) is 5.56 Å². The highest BCUT2D eigenvalue weighted by molar-refractivity contribution is 7.98. The fourth-order valence-corrected chi connectivity index (χ4v) is 4.56. The van der Waals surface area contributed by atoms with Crippen LogP contribution in [0.15, 0.2) is 70.5 Å². The summed E-state index contributed by atoms with van der Waals surface area (Å²) in [5.41, 5.74) is 2.02. The van der Waals surface area contributed by atoms with Gasteiger partial charge in [-0.3, -0.25) is 9.59 Å². The number of ether oxygens (including phenoxy) is 1. The summed E-state index contributed by atoms with van der Waals surface area (Å²) < 4.78 is 6.90. The second-order valence-corrected chi connectivity index (χ2v) is 11.0. The number of nitrogens with zero attached hydrogens (tertiary/aromatic N) is 1. The zero-order chi connectivity index (χ0) is 27.0. The van der Waals surface area contributed by atoms with E-state index in [4.69, 9.17) is 16.3 Å². The number of rotatable bonds is 9. The van der Waals surface area contributed by atoms with Crippen LogP contribution in [0.4, 0.5) is 4.79 Å². The van der Waals surface area contributed by atoms with E-state index in [1.165, 1.54) is 0 Å². The summed E-state index contributed by atoms with van der Waals surface area (Å²) in [5.74, 6) is 0.175. The molecule has 3 rings (SSSR count). The van der Waals surface area contributed by atoms with E-state index in [0.717, 1.165) is 21.6 Å². The normalized spacial score (nSPS) is 11.2. The quantitative estimate of drug-likeness (QED) is 0.352. The average Bonchev–Trinajstić information content (AvgIpc) is 2.84. The van der Waals surface area contributed by atoms with E-state index < -0.39 is 11.7 Å². The Kier molecular flexibility index (Phi) is 9.83. The largest absolute Gasteiger partial charge is 0.444 e. The van der Waals surface area contributed by atoms with Gasteiger partial charge in [0.15, 0.2) is 0 Å². The van der Waals surface area contributed by atoms with Crippen LogP contribution in [-0.4, -0.2) is 22.2 Å². The van der Waals surface area contributed by atoms with Crippen molar-refractivity contribution in [1.29, 1.82) is 0 Å². The van der Waals surface area contributed by atoms with Gasteiger partial charge >= 0.3 is 6.09 Å². The van der Waals surface area contributed by atoms with Crippen molar-refractivity contribution in [2.24, 2.45) is 0 Å². The Hall–Kier alpha value is -3.23. The molecule has 0 bridgehead atoms.